The van der Waals surface area contributed by atoms with Gasteiger partial charge in [-0.1, -0.05) is 22.0 Å². The molecule has 16 heavy (non-hydrogen) atoms. The van der Waals surface area contributed by atoms with E-state index in [4.69, 9.17) is 5.11 Å². The van der Waals surface area contributed by atoms with Gasteiger partial charge in [0.05, 0.1) is 13.2 Å². The summed E-state index contributed by atoms with van der Waals surface area (Å²) < 4.78 is 0.975. The number of nitrogens with zero attached hydrogens (tertiary/aromatic N) is 1. The second-order valence-corrected chi connectivity index (χ2v) is 4.86. The molecule has 0 heterocycles. The van der Waals surface area contributed by atoms with Crippen LogP contribution in [0.4, 0.5) is 5.69 Å². The lowest BCUT2D eigenvalue weighted by Gasteiger charge is -2.30. The third kappa shape index (κ3) is 3.20. The second kappa shape index (κ2) is 6.23. The second-order valence-electron chi connectivity index (χ2n) is 3.94. The number of benzene rings is 1. The maximum Gasteiger partial charge on any atom is 0.0702 e. The molecule has 0 aromatic heterocycles. The van der Waals surface area contributed by atoms with Crippen LogP contribution in [0.3, 0.4) is 0 Å². The summed E-state index contributed by atoms with van der Waals surface area (Å²) in [5, 5.41) is 18.4. The molecular weight excluding hydrogens is 270 g/mol. The zero-order chi connectivity index (χ0) is 12.1. The number of rotatable bonds is 5. The number of hydrogen-bond donors (Lipinski definition) is 2. The molecule has 2 N–H and O–H groups in total. The van der Waals surface area contributed by atoms with Crippen LogP contribution in [0.5, 0.6) is 0 Å². The molecule has 1 aromatic rings. The minimum atomic E-state index is 0.0112. The van der Waals surface area contributed by atoms with E-state index in [1.807, 2.05) is 18.2 Å². The summed E-state index contributed by atoms with van der Waals surface area (Å²) in [4.78, 5) is 2.08. The van der Waals surface area contributed by atoms with E-state index in [0.717, 1.165) is 15.7 Å². The molecule has 1 aromatic carbocycles. The van der Waals surface area contributed by atoms with Crippen LogP contribution >= 0.6 is 15.9 Å². The van der Waals surface area contributed by atoms with Crippen molar-refractivity contribution in [2.45, 2.75) is 26.5 Å². The van der Waals surface area contributed by atoms with Gasteiger partial charge < -0.3 is 15.1 Å². The maximum atomic E-state index is 9.30. The third-order valence-corrected chi connectivity index (χ3v) is 2.98. The molecule has 0 unspecified atom stereocenters. The average Bonchev–Trinajstić information content (AvgIpc) is 2.25. The summed E-state index contributed by atoms with van der Waals surface area (Å²) in [7, 11) is 0. The Morgan fingerprint density at radius 2 is 2.00 bits per heavy atom. The summed E-state index contributed by atoms with van der Waals surface area (Å²) in [5.41, 5.74) is 1.85. The van der Waals surface area contributed by atoms with Crippen LogP contribution in [0.25, 0.3) is 0 Å². The molecule has 90 valence electrons. The largest absolute Gasteiger partial charge is 0.395 e. The van der Waals surface area contributed by atoms with Crippen LogP contribution in [0.15, 0.2) is 22.7 Å². The topological polar surface area (TPSA) is 43.7 Å². The van der Waals surface area contributed by atoms with Crippen LogP contribution in [0, 0.1) is 0 Å². The molecule has 0 saturated carbocycles. The predicted molar refractivity (Wildman–Crippen MR) is 69.6 cm³/mol. The Morgan fingerprint density at radius 1 is 1.31 bits per heavy atom. The first-order valence-electron chi connectivity index (χ1n) is 5.37. The molecule has 3 nitrogen and oxygen atoms in total. The van der Waals surface area contributed by atoms with Crippen LogP contribution in [-0.4, -0.2) is 29.4 Å². The lowest BCUT2D eigenvalue weighted by Crippen LogP contribution is -2.34. The monoisotopic (exact) mass is 287 g/mol. The number of hydrogen-bond acceptors (Lipinski definition) is 3. The Kier molecular flexibility index (Phi) is 5.25. The van der Waals surface area contributed by atoms with E-state index >= 15 is 0 Å². The molecule has 0 fully saturated rings. The van der Waals surface area contributed by atoms with Gasteiger partial charge in [-0.05, 0) is 26.0 Å². The van der Waals surface area contributed by atoms with E-state index in [1.54, 1.807) is 0 Å². The fourth-order valence-electron chi connectivity index (χ4n) is 1.70. The first kappa shape index (κ1) is 13.5. The van der Waals surface area contributed by atoms with Gasteiger partial charge in [0.1, 0.15) is 0 Å². The maximum absolute atomic E-state index is 9.30. The van der Waals surface area contributed by atoms with Crippen molar-refractivity contribution in [1.82, 2.24) is 0 Å². The Hall–Kier alpha value is -0.580. The van der Waals surface area contributed by atoms with E-state index in [9.17, 15) is 5.11 Å². The third-order valence-electron chi connectivity index (χ3n) is 2.49. The number of halogens is 1. The molecule has 0 aliphatic heterocycles. The summed E-state index contributed by atoms with van der Waals surface area (Å²) in [5.74, 6) is 0. The van der Waals surface area contributed by atoms with Crippen LogP contribution < -0.4 is 4.90 Å². The highest BCUT2D eigenvalue weighted by Gasteiger charge is 2.13. The van der Waals surface area contributed by atoms with E-state index in [1.165, 1.54) is 0 Å². The minimum Gasteiger partial charge on any atom is -0.395 e. The zero-order valence-electron chi connectivity index (χ0n) is 9.65. The lowest BCUT2D eigenvalue weighted by atomic mass is 10.1. The van der Waals surface area contributed by atoms with Crippen molar-refractivity contribution in [2.75, 3.05) is 18.1 Å². The molecule has 0 atom stereocenters. The molecular formula is C12H18BrNO2. The van der Waals surface area contributed by atoms with Crippen LogP contribution in [0.2, 0.25) is 0 Å². The SMILES string of the molecule is CC(C)N(CCO)c1cc(Br)ccc1CO. The summed E-state index contributed by atoms with van der Waals surface area (Å²) >= 11 is 3.42. The van der Waals surface area contributed by atoms with Crippen molar-refractivity contribution in [1.29, 1.82) is 0 Å². The van der Waals surface area contributed by atoms with Crippen molar-refractivity contribution in [2.24, 2.45) is 0 Å². The zero-order valence-corrected chi connectivity index (χ0v) is 11.2. The normalized spacial score (nSPS) is 10.9. The Labute approximate surface area is 105 Å². The van der Waals surface area contributed by atoms with E-state index in [-0.39, 0.29) is 19.3 Å². The molecule has 4 heteroatoms. The van der Waals surface area contributed by atoms with Crippen molar-refractivity contribution < 1.29 is 10.2 Å². The highest BCUT2D eigenvalue weighted by Crippen LogP contribution is 2.26. The van der Waals surface area contributed by atoms with E-state index in [0.29, 0.717) is 6.54 Å². The summed E-state index contributed by atoms with van der Waals surface area (Å²) in [6, 6.07) is 6.06. The van der Waals surface area contributed by atoms with E-state index in [2.05, 4.69) is 34.7 Å². The quantitative estimate of drug-likeness (QED) is 0.872. The molecule has 1 rings (SSSR count). The van der Waals surface area contributed by atoms with Crippen molar-refractivity contribution in [3.05, 3.63) is 28.2 Å². The van der Waals surface area contributed by atoms with Gasteiger partial charge in [0.15, 0.2) is 0 Å². The van der Waals surface area contributed by atoms with Crippen LogP contribution in [0.1, 0.15) is 19.4 Å². The lowest BCUT2D eigenvalue weighted by molar-refractivity contribution is 0.280. The number of aliphatic hydroxyl groups is 2. The molecule has 0 saturated heterocycles. The Morgan fingerprint density at radius 3 is 2.50 bits per heavy atom. The van der Waals surface area contributed by atoms with Crippen molar-refractivity contribution in [3.63, 3.8) is 0 Å². The van der Waals surface area contributed by atoms with Gasteiger partial charge >= 0.3 is 0 Å². The highest BCUT2D eigenvalue weighted by molar-refractivity contribution is 9.10. The first-order valence-corrected chi connectivity index (χ1v) is 6.16. The fraction of sp³-hybridized carbons (Fsp3) is 0.500. The Balaban J connectivity index is 3.10. The number of anilines is 1. The molecule has 0 bridgehead atoms. The van der Waals surface area contributed by atoms with Gasteiger partial charge in [0.2, 0.25) is 0 Å². The van der Waals surface area contributed by atoms with Crippen molar-refractivity contribution >= 4 is 21.6 Å². The van der Waals surface area contributed by atoms with Gasteiger partial charge in [0, 0.05) is 28.3 Å². The first-order chi connectivity index (χ1) is 7.60. The molecule has 0 aliphatic carbocycles. The van der Waals surface area contributed by atoms with Gasteiger partial charge in [-0.2, -0.15) is 0 Å². The molecule has 0 aliphatic rings. The average molecular weight is 288 g/mol. The smallest absolute Gasteiger partial charge is 0.0702 e. The van der Waals surface area contributed by atoms with Gasteiger partial charge in [-0.3, -0.25) is 0 Å². The summed E-state index contributed by atoms with van der Waals surface area (Å²) in [6.07, 6.45) is 0. The van der Waals surface area contributed by atoms with E-state index < -0.39 is 0 Å². The summed E-state index contributed by atoms with van der Waals surface area (Å²) in [6.45, 7) is 4.82. The fourth-order valence-corrected chi connectivity index (χ4v) is 2.05. The molecule has 0 radical (unpaired) electrons. The van der Waals surface area contributed by atoms with Gasteiger partial charge in [0.25, 0.3) is 0 Å². The minimum absolute atomic E-state index is 0.0112. The number of aliphatic hydroxyl groups excluding tert-OH is 2. The van der Waals surface area contributed by atoms with Gasteiger partial charge in [-0.15, -0.1) is 0 Å². The molecule has 0 amide bonds. The standard InChI is InChI=1S/C12H18BrNO2/c1-9(2)14(5-6-15)12-7-11(13)4-3-10(12)8-16/h3-4,7,9,15-16H,5-6,8H2,1-2H3. The van der Waals surface area contributed by atoms with Gasteiger partial charge in [-0.25, -0.2) is 0 Å². The van der Waals surface area contributed by atoms with Crippen molar-refractivity contribution in [3.8, 4) is 0 Å². The predicted octanol–water partition coefficient (Wildman–Crippen LogP) is 2.15. The Bertz CT molecular complexity index is 342. The van der Waals surface area contributed by atoms with Crippen LogP contribution in [-0.2, 0) is 6.61 Å². The highest BCUT2D eigenvalue weighted by atomic mass is 79.9. The molecule has 0 spiro atoms.